The standard InChI is InChI=1S/C30H48O7/c1-15-12-30(37-26(15,3)4)29(7,34)25-22(36-30)11-19-18-9-8-17-10-20(32)23(35-16(2)31)14-27(17,5)24(18)21(33)13-28(19,25)6/h15,17-25,32-34H,8-14H2,1-7H3/t15-,17?,18?,19?,20-,21?,22-,23+,24?,25?,27-,28-,29?,30?/m0/s1. The van der Waals surface area contributed by atoms with Gasteiger partial charge in [-0.25, -0.2) is 0 Å². The third kappa shape index (κ3) is 3.39. The molecule has 37 heavy (non-hydrogen) atoms. The third-order valence-corrected chi connectivity index (χ3v) is 12.8. The average Bonchev–Trinajstić information content (AvgIpc) is 3.26. The van der Waals surface area contributed by atoms with Crippen LogP contribution in [-0.2, 0) is 19.0 Å². The van der Waals surface area contributed by atoms with Crippen LogP contribution in [0.5, 0.6) is 0 Å². The summed E-state index contributed by atoms with van der Waals surface area (Å²) in [6.45, 7) is 14.2. The molecule has 4 aliphatic carbocycles. The molecule has 0 bridgehead atoms. The van der Waals surface area contributed by atoms with Crippen LogP contribution in [0.1, 0.15) is 93.4 Å². The Balaban J connectivity index is 1.31. The molecule has 2 saturated heterocycles. The first kappa shape index (κ1) is 26.5. The van der Waals surface area contributed by atoms with Crippen LogP contribution in [0.25, 0.3) is 0 Å². The van der Waals surface area contributed by atoms with E-state index in [4.69, 9.17) is 14.2 Å². The summed E-state index contributed by atoms with van der Waals surface area (Å²) < 4.78 is 18.9. The highest BCUT2D eigenvalue weighted by Crippen LogP contribution is 2.72. The average molecular weight is 521 g/mol. The van der Waals surface area contributed by atoms with Crippen molar-refractivity contribution in [3.63, 3.8) is 0 Å². The molecule has 0 radical (unpaired) electrons. The molecule has 6 fully saturated rings. The van der Waals surface area contributed by atoms with Crippen molar-refractivity contribution in [2.45, 2.75) is 135 Å². The van der Waals surface area contributed by atoms with Gasteiger partial charge >= 0.3 is 5.97 Å². The molecule has 2 heterocycles. The van der Waals surface area contributed by atoms with E-state index in [0.717, 1.165) is 19.3 Å². The number of aliphatic hydroxyl groups is 3. The van der Waals surface area contributed by atoms with Crippen LogP contribution in [0.4, 0.5) is 0 Å². The number of carbonyl (C=O) groups is 1. The molecule has 6 rings (SSSR count). The molecular formula is C30H48O7. The molecule has 0 aromatic heterocycles. The lowest BCUT2D eigenvalue weighted by molar-refractivity contribution is -0.300. The lowest BCUT2D eigenvalue weighted by Gasteiger charge is -2.63. The Labute approximate surface area is 221 Å². The van der Waals surface area contributed by atoms with Gasteiger partial charge in [0.25, 0.3) is 0 Å². The highest BCUT2D eigenvalue weighted by atomic mass is 16.7. The fourth-order valence-electron chi connectivity index (χ4n) is 11.0. The number of rotatable bonds is 1. The van der Waals surface area contributed by atoms with Crippen molar-refractivity contribution < 1.29 is 34.3 Å². The van der Waals surface area contributed by atoms with Crippen LogP contribution in [0.2, 0.25) is 0 Å². The largest absolute Gasteiger partial charge is 0.460 e. The van der Waals surface area contributed by atoms with Crippen LogP contribution in [0, 0.1) is 46.3 Å². The quantitative estimate of drug-likeness (QED) is 0.452. The Morgan fingerprint density at radius 3 is 2.27 bits per heavy atom. The smallest absolute Gasteiger partial charge is 0.302 e. The molecule has 0 aromatic carbocycles. The van der Waals surface area contributed by atoms with Gasteiger partial charge in [0.1, 0.15) is 11.7 Å². The Morgan fingerprint density at radius 2 is 1.65 bits per heavy atom. The fraction of sp³-hybridized carbons (Fsp3) is 0.967. The van der Waals surface area contributed by atoms with Crippen molar-refractivity contribution in [1.82, 2.24) is 0 Å². The maximum absolute atomic E-state index is 12.2. The van der Waals surface area contributed by atoms with Gasteiger partial charge < -0.3 is 29.5 Å². The van der Waals surface area contributed by atoms with Crippen LogP contribution < -0.4 is 0 Å². The monoisotopic (exact) mass is 520 g/mol. The molecule has 2 aliphatic heterocycles. The first-order valence-electron chi connectivity index (χ1n) is 14.7. The molecule has 7 nitrogen and oxygen atoms in total. The van der Waals surface area contributed by atoms with Crippen LogP contribution in [-0.4, -0.2) is 62.7 Å². The van der Waals surface area contributed by atoms with E-state index in [1.165, 1.54) is 6.92 Å². The van der Waals surface area contributed by atoms with Gasteiger partial charge in [-0.05, 0) is 99.7 Å². The summed E-state index contributed by atoms with van der Waals surface area (Å²) in [5.41, 5.74) is -1.98. The summed E-state index contributed by atoms with van der Waals surface area (Å²) in [5.74, 6) is -0.172. The third-order valence-electron chi connectivity index (χ3n) is 12.8. The number of esters is 1. The zero-order valence-electron chi connectivity index (χ0n) is 23.7. The molecular weight excluding hydrogens is 472 g/mol. The van der Waals surface area contributed by atoms with Gasteiger partial charge in [0.2, 0.25) is 0 Å². The molecule has 14 atom stereocenters. The van der Waals surface area contributed by atoms with Gasteiger partial charge in [0.05, 0.1) is 23.9 Å². The molecule has 1 spiro atoms. The minimum absolute atomic E-state index is 0.0781. The van der Waals surface area contributed by atoms with E-state index >= 15 is 0 Å². The highest BCUT2D eigenvalue weighted by molar-refractivity contribution is 5.66. The summed E-state index contributed by atoms with van der Waals surface area (Å²) in [4.78, 5) is 11.8. The summed E-state index contributed by atoms with van der Waals surface area (Å²) in [6.07, 6.45) is 3.63. The molecule has 8 unspecified atom stereocenters. The van der Waals surface area contributed by atoms with Crippen LogP contribution in [0.3, 0.4) is 0 Å². The topological polar surface area (TPSA) is 105 Å². The molecule has 7 heteroatoms. The number of aliphatic hydroxyl groups excluding tert-OH is 2. The van der Waals surface area contributed by atoms with Crippen molar-refractivity contribution in [3.05, 3.63) is 0 Å². The van der Waals surface area contributed by atoms with Crippen molar-refractivity contribution in [3.8, 4) is 0 Å². The summed E-state index contributed by atoms with van der Waals surface area (Å²) >= 11 is 0. The van der Waals surface area contributed by atoms with Gasteiger partial charge in [-0.15, -0.1) is 0 Å². The van der Waals surface area contributed by atoms with E-state index in [1.807, 2.05) is 6.92 Å². The van der Waals surface area contributed by atoms with Gasteiger partial charge in [-0.2, -0.15) is 0 Å². The Hall–Kier alpha value is -0.730. The summed E-state index contributed by atoms with van der Waals surface area (Å²) in [5, 5.41) is 34.9. The molecule has 6 aliphatic rings. The number of carbonyl (C=O) groups excluding carboxylic acids is 1. The first-order valence-corrected chi connectivity index (χ1v) is 14.7. The predicted octanol–water partition coefficient (Wildman–Crippen LogP) is 3.81. The van der Waals surface area contributed by atoms with Gasteiger partial charge in [-0.1, -0.05) is 20.8 Å². The van der Waals surface area contributed by atoms with Crippen molar-refractivity contribution in [2.24, 2.45) is 46.3 Å². The number of hydrogen-bond donors (Lipinski definition) is 3. The van der Waals surface area contributed by atoms with E-state index < -0.39 is 29.7 Å². The number of fused-ring (bicyclic) bond motifs is 7. The second kappa shape index (κ2) is 7.93. The Morgan fingerprint density at radius 1 is 0.946 bits per heavy atom. The van der Waals surface area contributed by atoms with E-state index in [2.05, 4.69) is 34.6 Å². The Bertz CT molecular complexity index is 964. The highest BCUT2D eigenvalue weighted by Gasteiger charge is 2.77. The Kier molecular flexibility index (Phi) is 5.68. The van der Waals surface area contributed by atoms with Gasteiger partial charge in [-0.3, -0.25) is 4.79 Å². The van der Waals surface area contributed by atoms with Crippen molar-refractivity contribution in [2.75, 3.05) is 0 Å². The number of ether oxygens (including phenoxy) is 3. The van der Waals surface area contributed by atoms with Crippen molar-refractivity contribution >= 4 is 5.97 Å². The van der Waals surface area contributed by atoms with Crippen LogP contribution in [0.15, 0.2) is 0 Å². The second-order valence-corrected chi connectivity index (χ2v) is 15.1. The van der Waals surface area contributed by atoms with Crippen LogP contribution >= 0.6 is 0 Å². The minimum atomic E-state index is -1.15. The van der Waals surface area contributed by atoms with Crippen molar-refractivity contribution in [1.29, 1.82) is 0 Å². The molecule has 210 valence electrons. The SMILES string of the molecule is CC(=O)O[C@@H]1C[C@@]2(C)C(CCC3C4C[C@@H]5OC6(C[C@H](C)C(C)(C)O6)C(C)(O)C5[C@@]4(C)CC(O)C32)C[C@@H]1O. The predicted molar refractivity (Wildman–Crippen MR) is 136 cm³/mol. The fourth-order valence-corrected chi connectivity index (χ4v) is 11.0. The van der Waals surface area contributed by atoms with E-state index in [9.17, 15) is 20.1 Å². The minimum Gasteiger partial charge on any atom is -0.460 e. The lowest BCUT2D eigenvalue weighted by Crippen LogP contribution is -2.63. The first-order chi connectivity index (χ1) is 17.1. The maximum atomic E-state index is 12.2. The maximum Gasteiger partial charge on any atom is 0.302 e. The van der Waals surface area contributed by atoms with E-state index in [-0.39, 0.29) is 46.3 Å². The molecule has 0 amide bonds. The lowest BCUT2D eigenvalue weighted by atomic mass is 9.43. The van der Waals surface area contributed by atoms with E-state index in [1.54, 1.807) is 0 Å². The molecule has 0 aromatic rings. The zero-order chi connectivity index (χ0) is 26.9. The molecule has 3 N–H and O–H groups in total. The van der Waals surface area contributed by atoms with Gasteiger partial charge in [0.15, 0.2) is 5.79 Å². The second-order valence-electron chi connectivity index (χ2n) is 15.1. The number of hydrogen-bond acceptors (Lipinski definition) is 7. The van der Waals surface area contributed by atoms with E-state index in [0.29, 0.717) is 43.4 Å². The summed E-state index contributed by atoms with van der Waals surface area (Å²) in [6, 6.07) is 0. The normalized spacial score (nSPS) is 59.9. The van der Waals surface area contributed by atoms with Gasteiger partial charge in [0, 0.05) is 19.3 Å². The summed E-state index contributed by atoms with van der Waals surface area (Å²) in [7, 11) is 0. The molecule has 4 saturated carbocycles. The zero-order valence-corrected chi connectivity index (χ0v) is 23.7.